The van der Waals surface area contributed by atoms with Crippen LogP contribution >= 0.6 is 12.4 Å². The van der Waals surface area contributed by atoms with Crippen LogP contribution in [0, 0.1) is 5.92 Å². The monoisotopic (exact) mass is 676 g/mol. The number of Topliss-reactive ketones (excluding diaryl/α,β-unsaturated/α-hetero) is 2. The molecule has 6 rings (SSSR count). The summed E-state index contributed by atoms with van der Waals surface area (Å²) in [6, 6.07) is 24.8. The summed E-state index contributed by atoms with van der Waals surface area (Å²) >= 11 is 0. The predicted molar refractivity (Wildman–Crippen MR) is 195 cm³/mol. The molecule has 3 aromatic carbocycles. The zero-order valence-corrected chi connectivity index (χ0v) is 29.8. The average molecular weight is 677 g/mol. The molecule has 0 bridgehead atoms. The number of rotatable bonds is 14. The molecule has 0 spiro atoms. The largest absolute Gasteiger partial charge is 0.493 e. The Hall–Kier alpha value is -3.55. The van der Waals surface area contributed by atoms with Gasteiger partial charge in [0.1, 0.15) is 41.0 Å². The van der Waals surface area contributed by atoms with Gasteiger partial charge in [0.25, 0.3) is 0 Å². The lowest BCUT2D eigenvalue weighted by Gasteiger charge is -2.20. The molecule has 1 aliphatic carbocycles. The summed E-state index contributed by atoms with van der Waals surface area (Å²) in [7, 11) is 0. The molecule has 260 valence electrons. The highest BCUT2D eigenvalue weighted by molar-refractivity contribution is 5.85. The smallest absolute Gasteiger partial charge is 0.130 e. The van der Waals surface area contributed by atoms with Gasteiger partial charge in [-0.1, -0.05) is 38.1 Å². The van der Waals surface area contributed by atoms with Crippen LogP contribution < -0.4 is 24.4 Å². The zero-order chi connectivity index (χ0) is 33.2. The second-order valence-corrected chi connectivity index (χ2v) is 13.7. The van der Waals surface area contributed by atoms with E-state index in [-0.39, 0.29) is 41.9 Å². The van der Waals surface area contributed by atoms with Crippen LogP contribution in [0.4, 0.5) is 5.69 Å². The van der Waals surface area contributed by atoms with Gasteiger partial charge < -0.3 is 34.0 Å². The number of ketones is 2. The highest BCUT2D eigenvalue weighted by Gasteiger charge is 2.25. The SMILES string of the molecule is CC(=O)C[C@@H](C)c1ccc(OC2CCN(c3ccc(OCC4CC4)cc3)C2)cc1.CC(=O)C[C@@H](C)c1ccc(OC2CCNC2)cc1.Cl. The van der Waals surface area contributed by atoms with E-state index in [1.54, 1.807) is 13.8 Å². The van der Waals surface area contributed by atoms with E-state index in [9.17, 15) is 9.59 Å². The number of benzene rings is 3. The average Bonchev–Trinajstić information content (AvgIpc) is 3.52. The lowest BCUT2D eigenvalue weighted by Crippen LogP contribution is -2.24. The van der Waals surface area contributed by atoms with Crippen LogP contribution in [0.15, 0.2) is 72.8 Å². The first-order chi connectivity index (χ1) is 22.7. The predicted octanol–water partition coefficient (Wildman–Crippen LogP) is 8.15. The van der Waals surface area contributed by atoms with Gasteiger partial charge in [0, 0.05) is 38.0 Å². The summed E-state index contributed by atoms with van der Waals surface area (Å²) in [6.45, 7) is 12.2. The molecule has 4 atom stereocenters. The molecular formula is C40H53ClN2O5. The molecule has 8 heteroatoms. The molecule has 2 saturated heterocycles. The molecule has 0 amide bonds. The summed E-state index contributed by atoms with van der Waals surface area (Å²) in [5, 5.41) is 3.28. The van der Waals surface area contributed by atoms with E-state index in [0.29, 0.717) is 18.9 Å². The quantitative estimate of drug-likeness (QED) is 0.185. The van der Waals surface area contributed by atoms with Gasteiger partial charge >= 0.3 is 0 Å². The molecular weight excluding hydrogens is 624 g/mol. The molecule has 3 aliphatic rings. The first kappa shape index (κ1) is 37.3. The van der Waals surface area contributed by atoms with Crippen molar-refractivity contribution in [2.75, 3.05) is 37.7 Å². The number of nitrogens with one attached hydrogen (secondary N) is 1. The second-order valence-electron chi connectivity index (χ2n) is 13.7. The molecule has 2 aliphatic heterocycles. The van der Waals surface area contributed by atoms with E-state index in [0.717, 1.165) is 68.8 Å². The normalized spacial score (nSPS) is 19.7. The van der Waals surface area contributed by atoms with Crippen molar-refractivity contribution in [2.24, 2.45) is 5.92 Å². The molecule has 0 aromatic heterocycles. The van der Waals surface area contributed by atoms with Crippen molar-refractivity contribution < 1.29 is 23.8 Å². The van der Waals surface area contributed by atoms with Gasteiger partial charge in [-0.3, -0.25) is 0 Å². The lowest BCUT2D eigenvalue weighted by molar-refractivity contribution is -0.118. The van der Waals surface area contributed by atoms with Gasteiger partial charge in [-0.15, -0.1) is 12.4 Å². The fourth-order valence-electron chi connectivity index (χ4n) is 6.27. The minimum atomic E-state index is 0. The van der Waals surface area contributed by atoms with Crippen LogP contribution in [0.1, 0.15) is 89.2 Å². The Balaban J connectivity index is 0.000000236. The first-order valence-corrected chi connectivity index (χ1v) is 17.4. The third-order valence-corrected chi connectivity index (χ3v) is 9.24. The van der Waals surface area contributed by atoms with Crippen molar-refractivity contribution >= 4 is 29.7 Å². The van der Waals surface area contributed by atoms with E-state index in [1.807, 2.05) is 24.3 Å². The zero-order valence-electron chi connectivity index (χ0n) is 29.0. The van der Waals surface area contributed by atoms with Gasteiger partial charge in [-0.2, -0.15) is 0 Å². The molecule has 2 unspecified atom stereocenters. The van der Waals surface area contributed by atoms with E-state index in [4.69, 9.17) is 14.2 Å². The van der Waals surface area contributed by atoms with E-state index < -0.39 is 0 Å². The third kappa shape index (κ3) is 11.9. The Morgan fingerprint density at radius 2 is 1.25 bits per heavy atom. The maximum Gasteiger partial charge on any atom is 0.130 e. The summed E-state index contributed by atoms with van der Waals surface area (Å²) in [6.07, 6.45) is 6.40. The third-order valence-electron chi connectivity index (χ3n) is 9.24. The number of hydrogen-bond acceptors (Lipinski definition) is 7. The standard InChI is InChI=1S/C25H31NO3.C15H21NO2.ClH/c1-18(15-19(2)27)21-5-9-24(10-6-21)29-25-13-14-26(16-25)22-7-11-23(12-8-22)28-17-20-3-4-20;1-11(9-12(2)17)13-3-5-14(6-4-13)18-15-7-8-16-10-15;/h5-12,18,20,25H,3-4,13-17H2,1-2H3;3-6,11,15-16H,7-10H2,1-2H3;1H/t18-,25?;11-,15?;/m11./s1. The van der Waals surface area contributed by atoms with Crippen molar-refractivity contribution in [1.82, 2.24) is 5.32 Å². The van der Waals surface area contributed by atoms with Gasteiger partial charge in [0.15, 0.2) is 0 Å². The highest BCUT2D eigenvalue weighted by Crippen LogP contribution is 2.31. The van der Waals surface area contributed by atoms with Crippen molar-refractivity contribution in [3.05, 3.63) is 83.9 Å². The molecule has 2 heterocycles. The number of halogens is 1. The number of anilines is 1. The van der Waals surface area contributed by atoms with Crippen LogP contribution in [-0.2, 0) is 9.59 Å². The van der Waals surface area contributed by atoms with Gasteiger partial charge in [-0.05, 0) is 117 Å². The minimum Gasteiger partial charge on any atom is -0.493 e. The maximum absolute atomic E-state index is 11.3. The second kappa shape index (κ2) is 18.3. The van der Waals surface area contributed by atoms with Gasteiger partial charge in [0.05, 0.1) is 13.2 Å². The number of carbonyl (C=O) groups is 2. The molecule has 1 N–H and O–H groups in total. The summed E-state index contributed by atoms with van der Waals surface area (Å²) in [4.78, 5) is 24.8. The summed E-state index contributed by atoms with van der Waals surface area (Å²) in [5.74, 6) is 4.56. The van der Waals surface area contributed by atoms with E-state index in [2.05, 4.69) is 72.6 Å². The Morgan fingerprint density at radius 3 is 1.73 bits per heavy atom. The lowest BCUT2D eigenvalue weighted by atomic mass is 9.96. The van der Waals surface area contributed by atoms with E-state index in [1.165, 1.54) is 29.7 Å². The van der Waals surface area contributed by atoms with Crippen molar-refractivity contribution in [2.45, 2.75) is 90.3 Å². The number of carbonyl (C=O) groups excluding carboxylic acids is 2. The maximum atomic E-state index is 11.3. The van der Waals surface area contributed by atoms with E-state index >= 15 is 0 Å². The van der Waals surface area contributed by atoms with Crippen LogP contribution in [0.5, 0.6) is 17.2 Å². The number of hydrogen-bond donors (Lipinski definition) is 1. The van der Waals surface area contributed by atoms with Crippen molar-refractivity contribution in [1.29, 1.82) is 0 Å². The Labute approximate surface area is 293 Å². The van der Waals surface area contributed by atoms with Gasteiger partial charge in [-0.25, -0.2) is 0 Å². The van der Waals surface area contributed by atoms with Crippen LogP contribution in [0.3, 0.4) is 0 Å². The topological polar surface area (TPSA) is 77.1 Å². The molecule has 3 fully saturated rings. The Morgan fingerprint density at radius 1 is 0.729 bits per heavy atom. The fraction of sp³-hybridized carbons (Fsp3) is 0.500. The Kier molecular flexibility index (Phi) is 14.2. The fourth-order valence-corrected chi connectivity index (χ4v) is 6.27. The van der Waals surface area contributed by atoms with Gasteiger partial charge in [0.2, 0.25) is 0 Å². The molecule has 0 radical (unpaired) electrons. The van der Waals surface area contributed by atoms with Crippen LogP contribution in [0.25, 0.3) is 0 Å². The van der Waals surface area contributed by atoms with Crippen molar-refractivity contribution in [3.63, 3.8) is 0 Å². The number of nitrogens with zero attached hydrogens (tertiary/aromatic N) is 1. The first-order valence-electron chi connectivity index (χ1n) is 17.4. The molecule has 48 heavy (non-hydrogen) atoms. The van der Waals surface area contributed by atoms with Crippen LogP contribution in [0.2, 0.25) is 0 Å². The highest BCUT2D eigenvalue weighted by atomic mass is 35.5. The molecule has 7 nitrogen and oxygen atoms in total. The van der Waals surface area contributed by atoms with Crippen LogP contribution in [-0.4, -0.2) is 56.6 Å². The number of ether oxygens (including phenoxy) is 3. The molecule has 3 aromatic rings. The minimum absolute atomic E-state index is 0. The Bertz CT molecular complexity index is 1420. The summed E-state index contributed by atoms with van der Waals surface area (Å²) in [5.41, 5.74) is 3.61. The molecule has 1 saturated carbocycles. The summed E-state index contributed by atoms with van der Waals surface area (Å²) < 4.78 is 17.9. The van der Waals surface area contributed by atoms with Crippen molar-refractivity contribution in [3.8, 4) is 17.2 Å².